The van der Waals surface area contributed by atoms with Crippen LogP contribution in [0.15, 0.2) is 36.4 Å². The van der Waals surface area contributed by atoms with Gasteiger partial charge >= 0.3 is 0 Å². The molecule has 0 spiro atoms. The number of hydrogen-bond acceptors (Lipinski definition) is 2. The quantitative estimate of drug-likeness (QED) is 0.816. The zero-order valence-corrected chi connectivity index (χ0v) is 14.2. The molecule has 0 saturated heterocycles. The van der Waals surface area contributed by atoms with E-state index in [1.807, 2.05) is 19.1 Å². The molecule has 0 saturated carbocycles. The summed E-state index contributed by atoms with van der Waals surface area (Å²) in [6.07, 6.45) is 0. The first-order valence-corrected chi connectivity index (χ1v) is 7.52. The van der Waals surface area contributed by atoms with Crippen LogP contribution >= 0.6 is 23.2 Å². The third kappa shape index (κ3) is 3.73. The van der Waals surface area contributed by atoms with E-state index in [1.165, 1.54) is 0 Å². The van der Waals surface area contributed by atoms with E-state index in [0.29, 0.717) is 27.9 Å². The number of aryl methyl sites for hydroxylation is 1. The first-order valence-electron chi connectivity index (χ1n) is 6.76. The number of nitrogens with zero attached hydrogens (tertiary/aromatic N) is 1. The molecular weight excluding hydrogens is 321 g/mol. The van der Waals surface area contributed by atoms with Gasteiger partial charge in [-0.15, -0.1) is 0 Å². The molecule has 2 aromatic carbocycles. The molecule has 2 rings (SSSR count). The minimum absolute atomic E-state index is 0.0932. The zero-order valence-electron chi connectivity index (χ0n) is 12.7. The van der Waals surface area contributed by atoms with Crippen molar-refractivity contribution in [2.45, 2.75) is 13.5 Å². The molecule has 22 heavy (non-hydrogen) atoms. The van der Waals surface area contributed by atoms with Crippen molar-refractivity contribution >= 4 is 29.1 Å². The van der Waals surface area contributed by atoms with E-state index in [1.54, 1.807) is 43.3 Å². The second-order valence-electron chi connectivity index (χ2n) is 5.08. The van der Waals surface area contributed by atoms with Crippen LogP contribution in [0, 0.1) is 6.92 Å². The van der Waals surface area contributed by atoms with Crippen molar-refractivity contribution in [2.24, 2.45) is 0 Å². The Morgan fingerprint density at radius 3 is 2.55 bits per heavy atom. The number of rotatable bonds is 4. The standard InChI is InChI=1S/C17H17Cl2NO2/c1-11-4-5-12(8-16(11)22-3)17(21)20(2)10-13-6-7-14(18)9-15(13)19/h4-9H,10H2,1-3H3. The number of methoxy groups -OCH3 is 1. The molecule has 0 radical (unpaired) electrons. The number of hydrogen-bond donors (Lipinski definition) is 0. The van der Waals surface area contributed by atoms with Gasteiger partial charge in [0, 0.05) is 29.2 Å². The molecule has 0 aromatic heterocycles. The Kier molecular flexibility index (Phi) is 5.33. The van der Waals surface area contributed by atoms with Crippen molar-refractivity contribution in [2.75, 3.05) is 14.2 Å². The molecule has 0 heterocycles. The highest BCUT2D eigenvalue weighted by Crippen LogP contribution is 2.23. The Morgan fingerprint density at radius 1 is 1.18 bits per heavy atom. The Labute approximate surface area is 140 Å². The summed E-state index contributed by atoms with van der Waals surface area (Å²) >= 11 is 12.0. The lowest BCUT2D eigenvalue weighted by Gasteiger charge is -2.19. The molecule has 3 nitrogen and oxygen atoms in total. The second kappa shape index (κ2) is 7.03. The molecule has 116 valence electrons. The molecule has 0 fully saturated rings. The second-order valence-corrected chi connectivity index (χ2v) is 5.92. The number of halogens is 2. The molecule has 1 amide bonds. The molecule has 0 N–H and O–H groups in total. The van der Waals surface area contributed by atoms with Gasteiger partial charge in [0.15, 0.2) is 0 Å². The lowest BCUT2D eigenvalue weighted by Crippen LogP contribution is -2.26. The monoisotopic (exact) mass is 337 g/mol. The number of carbonyl (C=O) groups is 1. The van der Waals surface area contributed by atoms with E-state index in [9.17, 15) is 4.79 Å². The van der Waals surface area contributed by atoms with Crippen molar-refractivity contribution in [1.29, 1.82) is 0 Å². The van der Waals surface area contributed by atoms with Gasteiger partial charge in [0.1, 0.15) is 5.75 Å². The molecule has 0 atom stereocenters. The van der Waals surface area contributed by atoms with Gasteiger partial charge < -0.3 is 9.64 Å². The smallest absolute Gasteiger partial charge is 0.254 e. The van der Waals surface area contributed by atoms with Gasteiger partial charge in [-0.1, -0.05) is 35.3 Å². The normalized spacial score (nSPS) is 10.4. The van der Waals surface area contributed by atoms with Crippen molar-refractivity contribution in [1.82, 2.24) is 4.90 Å². The predicted octanol–water partition coefficient (Wildman–Crippen LogP) is 4.58. The summed E-state index contributed by atoms with van der Waals surface area (Å²) in [5.74, 6) is 0.605. The lowest BCUT2D eigenvalue weighted by atomic mass is 10.1. The summed E-state index contributed by atoms with van der Waals surface area (Å²) in [6, 6.07) is 10.7. The van der Waals surface area contributed by atoms with Gasteiger partial charge in [0.2, 0.25) is 0 Å². The third-order valence-electron chi connectivity index (χ3n) is 3.42. The topological polar surface area (TPSA) is 29.5 Å². The van der Waals surface area contributed by atoms with Crippen molar-refractivity contribution in [3.63, 3.8) is 0 Å². The van der Waals surface area contributed by atoms with Crippen LogP contribution < -0.4 is 4.74 Å². The van der Waals surface area contributed by atoms with E-state index in [-0.39, 0.29) is 5.91 Å². The lowest BCUT2D eigenvalue weighted by molar-refractivity contribution is 0.0785. The van der Waals surface area contributed by atoms with Crippen LogP contribution in [0.2, 0.25) is 10.0 Å². The van der Waals surface area contributed by atoms with E-state index < -0.39 is 0 Å². The van der Waals surface area contributed by atoms with E-state index in [2.05, 4.69) is 0 Å². The van der Waals surface area contributed by atoms with Crippen LogP contribution in [0.25, 0.3) is 0 Å². The first kappa shape index (κ1) is 16.7. The van der Waals surface area contributed by atoms with Crippen LogP contribution in [-0.2, 0) is 6.54 Å². The zero-order chi connectivity index (χ0) is 16.3. The molecule has 5 heteroatoms. The number of carbonyl (C=O) groups excluding carboxylic acids is 1. The predicted molar refractivity (Wildman–Crippen MR) is 90.0 cm³/mol. The van der Waals surface area contributed by atoms with Gasteiger partial charge in [-0.25, -0.2) is 0 Å². The molecule has 0 unspecified atom stereocenters. The van der Waals surface area contributed by atoms with E-state index >= 15 is 0 Å². The highest BCUT2D eigenvalue weighted by Gasteiger charge is 2.15. The maximum absolute atomic E-state index is 12.5. The highest BCUT2D eigenvalue weighted by atomic mass is 35.5. The van der Waals surface area contributed by atoms with Crippen molar-refractivity contribution < 1.29 is 9.53 Å². The maximum atomic E-state index is 12.5. The summed E-state index contributed by atoms with van der Waals surface area (Å²) in [7, 11) is 3.33. The van der Waals surface area contributed by atoms with E-state index in [0.717, 1.165) is 11.1 Å². The van der Waals surface area contributed by atoms with E-state index in [4.69, 9.17) is 27.9 Å². The van der Waals surface area contributed by atoms with Gasteiger partial charge in [0.25, 0.3) is 5.91 Å². The Morgan fingerprint density at radius 2 is 1.91 bits per heavy atom. The number of ether oxygens (including phenoxy) is 1. The van der Waals surface area contributed by atoms with Gasteiger partial charge in [-0.3, -0.25) is 4.79 Å². The third-order valence-corrected chi connectivity index (χ3v) is 4.01. The minimum Gasteiger partial charge on any atom is -0.496 e. The number of amides is 1. The van der Waals surface area contributed by atoms with Crippen LogP contribution in [-0.4, -0.2) is 25.0 Å². The average molecular weight is 338 g/mol. The Balaban J connectivity index is 2.18. The summed E-state index contributed by atoms with van der Waals surface area (Å²) in [4.78, 5) is 14.1. The molecule has 2 aromatic rings. The summed E-state index contributed by atoms with van der Waals surface area (Å²) in [5.41, 5.74) is 2.42. The largest absolute Gasteiger partial charge is 0.496 e. The number of benzene rings is 2. The first-order chi connectivity index (χ1) is 10.4. The molecule has 0 aliphatic rings. The highest BCUT2D eigenvalue weighted by molar-refractivity contribution is 6.35. The fourth-order valence-electron chi connectivity index (χ4n) is 2.15. The van der Waals surface area contributed by atoms with Crippen LogP contribution in [0.5, 0.6) is 5.75 Å². The van der Waals surface area contributed by atoms with Crippen LogP contribution in [0.3, 0.4) is 0 Å². The maximum Gasteiger partial charge on any atom is 0.254 e. The average Bonchev–Trinajstić information content (AvgIpc) is 2.49. The summed E-state index contributed by atoms with van der Waals surface area (Å²) in [5, 5.41) is 1.12. The van der Waals surface area contributed by atoms with Crippen LogP contribution in [0.4, 0.5) is 0 Å². The molecular formula is C17H17Cl2NO2. The fourth-order valence-corrected chi connectivity index (χ4v) is 2.62. The van der Waals surface area contributed by atoms with Gasteiger partial charge in [-0.2, -0.15) is 0 Å². The Bertz CT molecular complexity index is 701. The molecule has 0 aliphatic carbocycles. The Hall–Kier alpha value is -1.71. The van der Waals surface area contributed by atoms with Gasteiger partial charge in [0.05, 0.1) is 7.11 Å². The fraction of sp³-hybridized carbons (Fsp3) is 0.235. The molecule has 0 bridgehead atoms. The van der Waals surface area contributed by atoms with Gasteiger partial charge in [-0.05, 0) is 42.3 Å². The minimum atomic E-state index is -0.0932. The summed E-state index contributed by atoms with van der Waals surface area (Å²) < 4.78 is 5.26. The van der Waals surface area contributed by atoms with Crippen LogP contribution in [0.1, 0.15) is 21.5 Å². The SMILES string of the molecule is COc1cc(C(=O)N(C)Cc2ccc(Cl)cc2Cl)ccc1C. The van der Waals surface area contributed by atoms with Crippen molar-refractivity contribution in [3.05, 3.63) is 63.1 Å². The van der Waals surface area contributed by atoms with Crippen molar-refractivity contribution in [3.8, 4) is 5.75 Å². The summed E-state index contributed by atoms with van der Waals surface area (Å²) in [6.45, 7) is 2.34. The molecule has 0 aliphatic heterocycles.